The Bertz CT molecular complexity index is 964. The minimum Gasteiger partial charge on any atom is -0.481 e. The summed E-state index contributed by atoms with van der Waals surface area (Å²) in [5.41, 5.74) is 4.52. The third-order valence-corrected chi connectivity index (χ3v) is 6.33. The lowest BCUT2D eigenvalue weighted by Gasteiger charge is -2.19. The number of carboxylic acids is 1. The van der Waals surface area contributed by atoms with Gasteiger partial charge in [0.15, 0.2) is 0 Å². The van der Waals surface area contributed by atoms with E-state index in [-0.39, 0.29) is 24.2 Å². The quantitative estimate of drug-likeness (QED) is 0.323. The Hall–Kier alpha value is -3.26. The van der Waals surface area contributed by atoms with E-state index in [1.54, 1.807) is 6.08 Å². The van der Waals surface area contributed by atoms with Crippen LogP contribution in [0, 0.1) is 0 Å². The first-order chi connectivity index (χ1) is 16.0. The van der Waals surface area contributed by atoms with E-state index in [9.17, 15) is 14.4 Å². The lowest BCUT2D eigenvalue weighted by atomic mass is 9.98. The topological polar surface area (TPSA) is 105 Å². The number of hydrogen-bond donors (Lipinski definition) is 3. The number of carbonyl (C=O) groups excluding carboxylic acids is 2. The second kappa shape index (κ2) is 12.1. The fourth-order valence-corrected chi connectivity index (χ4v) is 4.43. The number of carbonyl (C=O) groups is 3. The van der Waals surface area contributed by atoms with E-state index >= 15 is 0 Å². The van der Waals surface area contributed by atoms with Crippen LogP contribution in [0.1, 0.15) is 29.9 Å². The highest BCUT2D eigenvalue weighted by Gasteiger charge is 2.29. The maximum absolute atomic E-state index is 12.5. The molecule has 0 spiro atoms. The highest BCUT2D eigenvalue weighted by molar-refractivity contribution is 7.99. The van der Waals surface area contributed by atoms with Crippen molar-refractivity contribution in [3.8, 4) is 11.1 Å². The number of thioether (sulfide) groups is 1. The van der Waals surface area contributed by atoms with Crippen molar-refractivity contribution < 1.29 is 24.2 Å². The molecule has 0 fully saturated rings. The van der Waals surface area contributed by atoms with Crippen LogP contribution in [0.25, 0.3) is 11.1 Å². The Morgan fingerprint density at radius 2 is 1.73 bits per heavy atom. The van der Waals surface area contributed by atoms with Crippen LogP contribution in [-0.4, -0.2) is 53.8 Å². The Morgan fingerprint density at radius 1 is 1.09 bits per heavy atom. The molecule has 8 heteroatoms. The van der Waals surface area contributed by atoms with Crippen LogP contribution < -0.4 is 10.6 Å². The van der Waals surface area contributed by atoms with Crippen molar-refractivity contribution in [3.63, 3.8) is 0 Å². The standard InChI is InChI=1S/C25H28N2O5S/c1-2-3-12-22(24(30)26-13-14-33-16-23(28)29)27-25(31)32-15-21-19-10-6-4-8-17(19)18-9-5-7-11-20(18)21/h2,4-11,21-22H,1,3,12-16H2,(H,26,30)(H,27,31)(H,28,29). The number of fused-ring (bicyclic) bond motifs is 3. The number of hydrogen-bond acceptors (Lipinski definition) is 5. The third-order valence-electron chi connectivity index (χ3n) is 5.38. The van der Waals surface area contributed by atoms with Gasteiger partial charge >= 0.3 is 12.1 Å². The van der Waals surface area contributed by atoms with Crippen LogP contribution in [0.5, 0.6) is 0 Å². The van der Waals surface area contributed by atoms with Crippen molar-refractivity contribution in [2.24, 2.45) is 0 Å². The molecule has 0 saturated carbocycles. The van der Waals surface area contributed by atoms with Gasteiger partial charge in [-0.15, -0.1) is 18.3 Å². The van der Waals surface area contributed by atoms with Gasteiger partial charge in [0, 0.05) is 18.2 Å². The van der Waals surface area contributed by atoms with Gasteiger partial charge in [-0.1, -0.05) is 54.6 Å². The van der Waals surface area contributed by atoms with Crippen LogP contribution in [0.3, 0.4) is 0 Å². The highest BCUT2D eigenvalue weighted by atomic mass is 32.2. The molecule has 2 aromatic rings. The zero-order valence-electron chi connectivity index (χ0n) is 18.3. The number of alkyl carbamates (subject to hydrolysis) is 1. The van der Waals surface area contributed by atoms with Crippen molar-refractivity contribution in [1.29, 1.82) is 0 Å². The molecular formula is C25H28N2O5S. The van der Waals surface area contributed by atoms with E-state index in [0.29, 0.717) is 25.1 Å². The zero-order chi connectivity index (χ0) is 23.6. The van der Waals surface area contributed by atoms with Crippen LogP contribution in [0.15, 0.2) is 61.2 Å². The number of benzene rings is 2. The van der Waals surface area contributed by atoms with E-state index < -0.39 is 18.1 Å². The summed E-state index contributed by atoms with van der Waals surface area (Å²) in [5.74, 6) is -0.839. The van der Waals surface area contributed by atoms with Crippen molar-refractivity contribution in [2.45, 2.75) is 24.8 Å². The lowest BCUT2D eigenvalue weighted by Crippen LogP contribution is -2.47. The van der Waals surface area contributed by atoms with Gasteiger partial charge < -0.3 is 20.5 Å². The molecule has 0 radical (unpaired) electrons. The van der Waals surface area contributed by atoms with Crippen LogP contribution >= 0.6 is 11.8 Å². The van der Waals surface area contributed by atoms with Crippen molar-refractivity contribution in [2.75, 3.05) is 24.7 Å². The van der Waals surface area contributed by atoms with Gasteiger partial charge in [-0.2, -0.15) is 0 Å². The number of carboxylic acid groups (broad SMARTS) is 1. The maximum atomic E-state index is 12.5. The molecule has 2 amide bonds. The van der Waals surface area contributed by atoms with E-state index in [0.717, 1.165) is 22.3 Å². The average Bonchev–Trinajstić information content (AvgIpc) is 3.13. The van der Waals surface area contributed by atoms with Gasteiger partial charge in [0.05, 0.1) is 5.75 Å². The molecule has 33 heavy (non-hydrogen) atoms. The van der Waals surface area contributed by atoms with Gasteiger partial charge in [-0.05, 0) is 35.1 Å². The van der Waals surface area contributed by atoms with Crippen molar-refractivity contribution in [3.05, 3.63) is 72.3 Å². The Labute approximate surface area is 197 Å². The predicted octanol–water partition coefficient (Wildman–Crippen LogP) is 3.79. The molecule has 174 valence electrons. The second-order valence-corrected chi connectivity index (χ2v) is 8.73. The highest BCUT2D eigenvalue weighted by Crippen LogP contribution is 2.44. The summed E-state index contributed by atoms with van der Waals surface area (Å²) in [7, 11) is 0. The molecule has 1 unspecified atom stereocenters. The normalized spacial score (nSPS) is 12.8. The SMILES string of the molecule is C=CCCC(NC(=O)OCC1c2ccccc2-c2ccccc21)C(=O)NCCSCC(=O)O. The summed E-state index contributed by atoms with van der Waals surface area (Å²) in [6.45, 7) is 4.15. The molecule has 3 rings (SSSR count). The first kappa shape index (κ1) is 24.4. The van der Waals surface area contributed by atoms with Crippen LogP contribution in [0.2, 0.25) is 0 Å². The molecule has 1 aliphatic rings. The zero-order valence-corrected chi connectivity index (χ0v) is 19.1. The van der Waals surface area contributed by atoms with E-state index in [1.165, 1.54) is 11.8 Å². The smallest absolute Gasteiger partial charge is 0.407 e. The van der Waals surface area contributed by atoms with E-state index in [1.807, 2.05) is 36.4 Å². The molecule has 0 heterocycles. The van der Waals surface area contributed by atoms with E-state index in [4.69, 9.17) is 9.84 Å². The largest absolute Gasteiger partial charge is 0.481 e. The summed E-state index contributed by atoms with van der Waals surface area (Å²) in [6, 6.07) is 15.4. The molecule has 3 N–H and O–H groups in total. The fourth-order valence-electron chi connectivity index (χ4n) is 3.86. The lowest BCUT2D eigenvalue weighted by molar-refractivity contribution is -0.133. The van der Waals surface area contributed by atoms with E-state index in [2.05, 4.69) is 29.3 Å². The molecule has 0 aliphatic heterocycles. The van der Waals surface area contributed by atoms with Crippen molar-refractivity contribution >= 4 is 29.7 Å². The van der Waals surface area contributed by atoms with Gasteiger partial charge in [0.1, 0.15) is 12.6 Å². The van der Waals surface area contributed by atoms with Crippen LogP contribution in [0.4, 0.5) is 4.79 Å². The number of rotatable bonds is 12. The fraction of sp³-hybridized carbons (Fsp3) is 0.320. The first-order valence-electron chi connectivity index (χ1n) is 10.8. The number of ether oxygens (including phenoxy) is 1. The minimum atomic E-state index is -0.896. The second-order valence-electron chi connectivity index (χ2n) is 7.63. The number of nitrogens with one attached hydrogen (secondary N) is 2. The Kier molecular flexibility index (Phi) is 8.95. The predicted molar refractivity (Wildman–Crippen MR) is 129 cm³/mol. The molecule has 7 nitrogen and oxygen atoms in total. The Balaban J connectivity index is 1.55. The molecule has 0 bridgehead atoms. The summed E-state index contributed by atoms with van der Waals surface area (Å²) < 4.78 is 5.54. The minimum absolute atomic E-state index is 0.0201. The number of aliphatic carboxylic acids is 1. The summed E-state index contributed by atoms with van der Waals surface area (Å²) >= 11 is 1.22. The van der Waals surface area contributed by atoms with Gasteiger partial charge in [-0.25, -0.2) is 4.79 Å². The number of allylic oxidation sites excluding steroid dienone is 1. The first-order valence-corrected chi connectivity index (χ1v) is 12.0. The molecular weight excluding hydrogens is 440 g/mol. The molecule has 0 aromatic heterocycles. The summed E-state index contributed by atoms with van der Waals surface area (Å²) in [6.07, 6.45) is 1.97. The van der Waals surface area contributed by atoms with Gasteiger partial charge in [0.2, 0.25) is 5.91 Å². The third kappa shape index (κ3) is 6.61. The molecule has 0 saturated heterocycles. The van der Waals surface area contributed by atoms with Crippen LogP contribution in [-0.2, 0) is 14.3 Å². The molecule has 1 atom stereocenters. The van der Waals surface area contributed by atoms with Gasteiger partial charge in [-0.3, -0.25) is 9.59 Å². The van der Waals surface area contributed by atoms with Crippen molar-refractivity contribution in [1.82, 2.24) is 10.6 Å². The summed E-state index contributed by atoms with van der Waals surface area (Å²) in [4.78, 5) is 35.6. The monoisotopic (exact) mass is 468 g/mol. The van der Waals surface area contributed by atoms with Gasteiger partial charge in [0.25, 0.3) is 0 Å². The maximum Gasteiger partial charge on any atom is 0.407 e. The molecule has 1 aliphatic carbocycles. The summed E-state index contributed by atoms with van der Waals surface area (Å²) in [5, 5.41) is 14.1. The number of amides is 2. The Morgan fingerprint density at radius 3 is 2.33 bits per heavy atom. The average molecular weight is 469 g/mol. The molecule has 2 aromatic carbocycles.